The molecule has 0 aliphatic rings. The van der Waals surface area contributed by atoms with E-state index in [1.807, 2.05) is 0 Å². The summed E-state index contributed by atoms with van der Waals surface area (Å²) in [6.07, 6.45) is 1.49. The first-order valence-corrected chi connectivity index (χ1v) is 12.7. The first kappa shape index (κ1) is 25.3. The fraction of sp³-hybridized carbons (Fsp3) is 0.286. The Morgan fingerprint density at radius 1 is 1.30 bits per heavy atom. The highest BCUT2D eigenvalue weighted by Crippen LogP contribution is 2.39. The summed E-state index contributed by atoms with van der Waals surface area (Å²) in [4.78, 5) is 4.37. The van der Waals surface area contributed by atoms with Crippen LogP contribution in [0.15, 0.2) is 50.9 Å². The molecule has 0 fully saturated rings. The molecule has 0 saturated heterocycles. The van der Waals surface area contributed by atoms with Crippen molar-refractivity contribution in [1.82, 2.24) is 9.38 Å². The molecule has 0 aliphatic carbocycles. The number of nitrogens with one attached hydrogen (secondary N) is 1. The largest absolute Gasteiger partial charge is 0.495 e. The van der Waals surface area contributed by atoms with Crippen LogP contribution in [0.5, 0.6) is 5.75 Å². The van der Waals surface area contributed by atoms with Gasteiger partial charge in [0.1, 0.15) is 16.5 Å². The zero-order valence-corrected chi connectivity index (χ0v) is 20.9. The lowest BCUT2D eigenvalue weighted by Crippen LogP contribution is -2.14. The Bertz CT molecular complexity index is 1340. The van der Waals surface area contributed by atoms with Gasteiger partial charge in [-0.25, -0.2) is 13.4 Å². The molecule has 0 bridgehead atoms. The first-order valence-electron chi connectivity index (χ1n) is 9.51. The summed E-state index contributed by atoms with van der Waals surface area (Å²) >= 11 is 3.01. The summed E-state index contributed by atoms with van der Waals surface area (Å²) < 4.78 is 71.1. The number of pyridine rings is 1. The highest BCUT2D eigenvalue weighted by atomic mass is 79.9. The van der Waals surface area contributed by atoms with Crippen molar-refractivity contribution in [2.24, 2.45) is 0 Å². The van der Waals surface area contributed by atoms with Crippen LogP contribution < -0.4 is 10.1 Å². The topological polar surface area (TPSA) is 72.7 Å². The lowest BCUT2D eigenvalue weighted by Gasteiger charge is -2.13. The van der Waals surface area contributed by atoms with Crippen LogP contribution in [0.4, 0.5) is 18.9 Å². The van der Waals surface area contributed by atoms with Crippen molar-refractivity contribution in [3.8, 4) is 17.6 Å². The standard InChI is InChI=1S/C21H19BrF3N3O3S2/c1-13(2)33(29,30)14-8-9-16(18(12-14)31-3)26-10-4-7-17-20(32-21(23,24)25)28-11-5-6-15(22)19(28)27-17/h5-6,8-9,11-13,26H,10H2,1-3H3. The molecule has 33 heavy (non-hydrogen) atoms. The van der Waals surface area contributed by atoms with E-state index >= 15 is 0 Å². The number of alkyl halides is 3. The number of fused-ring (bicyclic) bond motifs is 1. The van der Waals surface area contributed by atoms with Crippen molar-refractivity contribution in [1.29, 1.82) is 0 Å². The van der Waals surface area contributed by atoms with Crippen molar-refractivity contribution in [3.63, 3.8) is 0 Å². The van der Waals surface area contributed by atoms with Crippen LogP contribution in [0, 0.1) is 11.8 Å². The number of rotatable bonds is 6. The first-order chi connectivity index (χ1) is 15.4. The molecule has 0 amide bonds. The van der Waals surface area contributed by atoms with Crippen LogP contribution >= 0.6 is 27.7 Å². The highest BCUT2D eigenvalue weighted by Gasteiger charge is 2.33. The molecule has 3 aromatic rings. The number of ether oxygens (including phenoxy) is 1. The third kappa shape index (κ3) is 5.77. The monoisotopic (exact) mass is 561 g/mol. The third-order valence-electron chi connectivity index (χ3n) is 4.47. The van der Waals surface area contributed by atoms with E-state index in [9.17, 15) is 21.6 Å². The molecule has 12 heteroatoms. The second-order valence-electron chi connectivity index (χ2n) is 6.97. The molecule has 2 heterocycles. The van der Waals surface area contributed by atoms with Crippen LogP contribution in [0.25, 0.3) is 5.65 Å². The number of imidazole rings is 1. The van der Waals surface area contributed by atoms with E-state index in [1.54, 1.807) is 32.0 Å². The third-order valence-corrected chi connectivity index (χ3v) is 8.05. The van der Waals surface area contributed by atoms with Gasteiger partial charge in [0.15, 0.2) is 15.5 Å². The second kappa shape index (κ2) is 9.87. The minimum atomic E-state index is -4.50. The lowest BCUT2D eigenvalue weighted by atomic mass is 10.3. The molecular formula is C21H19BrF3N3O3S2. The fourth-order valence-corrected chi connectivity index (χ4v) is 5.00. The lowest BCUT2D eigenvalue weighted by molar-refractivity contribution is -0.0329. The number of aromatic nitrogens is 2. The van der Waals surface area contributed by atoms with Gasteiger partial charge in [0.25, 0.3) is 0 Å². The summed E-state index contributed by atoms with van der Waals surface area (Å²) in [5.74, 6) is 5.76. The van der Waals surface area contributed by atoms with E-state index in [-0.39, 0.29) is 33.9 Å². The quantitative estimate of drug-likeness (QED) is 0.322. The highest BCUT2D eigenvalue weighted by molar-refractivity contribution is 9.10. The smallest absolute Gasteiger partial charge is 0.447 e. The van der Waals surface area contributed by atoms with Gasteiger partial charge in [0, 0.05) is 24.0 Å². The average Bonchev–Trinajstić information content (AvgIpc) is 3.08. The molecule has 0 radical (unpaired) electrons. The molecule has 0 atom stereocenters. The molecule has 3 rings (SSSR count). The van der Waals surface area contributed by atoms with Crippen molar-refractivity contribution in [3.05, 3.63) is 46.7 Å². The predicted octanol–water partition coefficient (Wildman–Crippen LogP) is 5.36. The van der Waals surface area contributed by atoms with E-state index in [1.165, 1.54) is 29.8 Å². The van der Waals surface area contributed by atoms with E-state index in [4.69, 9.17) is 4.74 Å². The maximum atomic E-state index is 13.1. The summed E-state index contributed by atoms with van der Waals surface area (Å²) in [5, 5.41) is 2.27. The SMILES string of the molecule is COc1cc(S(=O)(=O)C(C)C)ccc1NCC#Cc1nc2c(Br)cccn2c1SC(F)(F)F. The number of thioether (sulfide) groups is 1. The number of anilines is 1. The maximum absolute atomic E-state index is 13.1. The van der Waals surface area contributed by atoms with Gasteiger partial charge in [-0.2, -0.15) is 13.2 Å². The molecule has 0 aliphatic heterocycles. The Hall–Kier alpha value is -2.36. The molecule has 2 aromatic heterocycles. The van der Waals surface area contributed by atoms with Crippen LogP contribution in [-0.4, -0.2) is 42.2 Å². The molecule has 1 aromatic carbocycles. The van der Waals surface area contributed by atoms with Crippen molar-refractivity contribution in [2.75, 3.05) is 19.0 Å². The van der Waals surface area contributed by atoms with Crippen LogP contribution in [0.1, 0.15) is 19.5 Å². The Kier molecular flexibility index (Phi) is 7.55. The predicted molar refractivity (Wildman–Crippen MR) is 125 cm³/mol. The summed E-state index contributed by atoms with van der Waals surface area (Å²) in [5.41, 5.74) is -3.68. The van der Waals surface area contributed by atoms with Crippen molar-refractivity contribution < 1.29 is 26.3 Å². The summed E-state index contributed by atoms with van der Waals surface area (Å²) in [6.45, 7) is 3.25. The Balaban J connectivity index is 1.86. The van der Waals surface area contributed by atoms with E-state index in [0.717, 1.165) is 0 Å². The van der Waals surface area contributed by atoms with Gasteiger partial charge in [0.05, 0.1) is 34.0 Å². The van der Waals surface area contributed by atoms with E-state index < -0.39 is 20.6 Å². The average molecular weight is 562 g/mol. The molecule has 0 unspecified atom stereocenters. The number of halogens is 4. The number of hydrogen-bond donors (Lipinski definition) is 1. The van der Waals surface area contributed by atoms with Gasteiger partial charge in [0.2, 0.25) is 0 Å². The summed E-state index contributed by atoms with van der Waals surface area (Å²) in [7, 11) is -2.06. The number of sulfone groups is 1. The molecule has 1 N–H and O–H groups in total. The van der Waals surface area contributed by atoms with Gasteiger partial charge < -0.3 is 10.1 Å². The molecular weight excluding hydrogens is 543 g/mol. The van der Waals surface area contributed by atoms with Crippen molar-refractivity contribution in [2.45, 2.75) is 34.5 Å². The normalized spacial score (nSPS) is 12.0. The molecule has 0 saturated carbocycles. The molecule has 6 nitrogen and oxygen atoms in total. The Morgan fingerprint density at radius 2 is 2.03 bits per heavy atom. The number of benzene rings is 1. The minimum absolute atomic E-state index is 0.00337. The zero-order chi connectivity index (χ0) is 24.4. The van der Waals surface area contributed by atoms with E-state index in [0.29, 0.717) is 21.6 Å². The molecule has 0 spiro atoms. The van der Waals surface area contributed by atoms with E-state index in [2.05, 4.69) is 38.1 Å². The van der Waals surface area contributed by atoms with Gasteiger partial charge in [-0.3, -0.25) is 4.40 Å². The van der Waals surface area contributed by atoms with Crippen LogP contribution in [0.3, 0.4) is 0 Å². The van der Waals surface area contributed by atoms with Crippen LogP contribution in [0.2, 0.25) is 0 Å². The van der Waals surface area contributed by atoms with Crippen molar-refractivity contribution >= 4 is 48.9 Å². The second-order valence-corrected chi connectivity index (χ2v) is 11.4. The van der Waals surface area contributed by atoms with Gasteiger partial charge in [-0.05, 0) is 60.0 Å². The fourth-order valence-electron chi connectivity index (χ4n) is 2.84. The Morgan fingerprint density at radius 3 is 2.67 bits per heavy atom. The van der Waals surface area contributed by atoms with Gasteiger partial charge in [-0.15, -0.1) is 0 Å². The zero-order valence-electron chi connectivity index (χ0n) is 17.7. The van der Waals surface area contributed by atoms with Gasteiger partial charge in [-0.1, -0.05) is 5.92 Å². The number of methoxy groups -OCH3 is 1. The number of hydrogen-bond acceptors (Lipinski definition) is 6. The van der Waals surface area contributed by atoms with Crippen LogP contribution in [-0.2, 0) is 9.84 Å². The molecule has 176 valence electrons. The minimum Gasteiger partial charge on any atom is -0.495 e. The Labute approximate surface area is 202 Å². The maximum Gasteiger partial charge on any atom is 0.447 e. The van der Waals surface area contributed by atoms with Gasteiger partial charge >= 0.3 is 5.51 Å². The number of nitrogens with zero attached hydrogens (tertiary/aromatic N) is 2. The summed E-state index contributed by atoms with van der Waals surface area (Å²) in [6, 6.07) is 7.73.